The number of halogens is 2. The SMILES string of the molecule is CCN(CC)[P@@](=O)(Nc1ccc([N+](=O)[O-])cc1)c1c(C)nn(CCC#N)c1NC(=O)c1ccc(Cl)cc1Cl. The van der Waals surface area contributed by atoms with Crippen LogP contribution in [0, 0.1) is 28.4 Å². The summed E-state index contributed by atoms with van der Waals surface area (Å²) in [5.41, 5.74) is 0.799. The summed E-state index contributed by atoms with van der Waals surface area (Å²) in [6, 6.07) is 12.0. The largest absolute Gasteiger partial charge is 0.321 e. The first-order valence-corrected chi connectivity index (χ1v) is 14.1. The maximum absolute atomic E-state index is 14.9. The molecule has 0 saturated carbocycles. The average molecular weight is 578 g/mol. The molecule has 0 radical (unpaired) electrons. The maximum atomic E-state index is 14.9. The first-order valence-electron chi connectivity index (χ1n) is 11.6. The van der Waals surface area contributed by atoms with Crippen LogP contribution in [0.2, 0.25) is 10.0 Å². The van der Waals surface area contributed by atoms with Crippen molar-refractivity contribution in [3.05, 3.63) is 73.9 Å². The predicted molar refractivity (Wildman–Crippen MR) is 148 cm³/mol. The molecule has 0 aliphatic rings. The molecular weight excluding hydrogens is 552 g/mol. The highest BCUT2D eigenvalue weighted by Crippen LogP contribution is 2.51. The highest BCUT2D eigenvalue weighted by atomic mass is 35.5. The number of rotatable bonds is 11. The van der Waals surface area contributed by atoms with Gasteiger partial charge in [0.1, 0.15) is 11.1 Å². The molecule has 3 rings (SSSR count). The van der Waals surface area contributed by atoms with Gasteiger partial charge < -0.3 is 10.4 Å². The Hall–Kier alpha value is -3.42. The molecule has 0 saturated heterocycles. The summed E-state index contributed by atoms with van der Waals surface area (Å²) in [4.78, 5) is 23.9. The number of anilines is 2. The van der Waals surface area contributed by atoms with Gasteiger partial charge in [-0.25, -0.2) is 9.35 Å². The first-order chi connectivity index (χ1) is 18.0. The molecule has 0 aliphatic carbocycles. The molecule has 11 nitrogen and oxygen atoms in total. The Morgan fingerprint density at radius 2 is 1.87 bits per heavy atom. The molecule has 1 aromatic heterocycles. The number of carbonyl (C=O) groups excluding carboxylic acids is 1. The van der Waals surface area contributed by atoms with Crippen LogP contribution in [0.3, 0.4) is 0 Å². The molecule has 14 heteroatoms. The van der Waals surface area contributed by atoms with Crippen LogP contribution in [0.1, 0.15) is 36.3 Å². The number of nitriles is 1. The monoisotopic (exact) mass is 577 g/mol. The van der Waals surface area contributed by atoms with E-state index in [9.17, 15) is 19.5 Å². The molecule has 1 atom stereocenters. The fourth-order valence-corrected chi connectivity index (χ4v) is 7.22. The number of carbonyl (C=O) groups is 1. The quantitative estimate of drug-likeness (QED) is 0.164. The van der Waals surface area contributed by atoms with E-state index in [1.807, 2.05) is 13.8 Å². The zero-order chi connectivity index (χ0) is 28.0. The number of nitro groups is 1. The van der Waals surface area contributed by atoms with Crippen molar-refractivity contribution < 1.29 is 14.3 Å². The summed E-state index contributed by atoms with van der Waals surface area (Å²) in [6.45, 7) is 6.25. The topological polar surface area (TPSA) is 146 Å². The number of hydrogen-bond acceptors (Lipinski definition) is 6. The van der Waals surface area contributed by atoms with E-state index in [0.29, 0.717) is 29.5 Å². The zero-order valence-corrected chi connectivity index (χ0v) is 23.3. The molecular formula is C24H26Cl2N7O4P. The van der Waals surface area contributed by atoms with Gasteiger partial charge in [0.15, 0.2) is 0 Å². The van der Waals surface area contributed by atoms with Crippen LogP contribution in [0.5, 0.6) is 0 Å². The van der Waals surface area contributed by atoms with Crippen LogP contribution in [0.4, 0.5) is 17.2 Å². The van der Waals surface area contributed by atoms with Gasteiger partial charge in [0.2, 0.25) is 0 Å². The summed E-state index contributed by atoms with van der Waals surface area (Å²) in [5.74, 6) is -0.425. The summed E-state index contributed by atoms with van der Waals surface area (Å²) in [5, 5.41) is 31.4. The Morgan fingerprint density at radius 1 is 1.21 bits per heavy atom. The number of nitrogens with one attached hydrogen (secondary N) is 2. The summed E-state index contributed by atoms with van der Waals surface area (Å²) >= 11 is 12.2. The molecule has 0 aliphatic heterocycles. The fraction of sp³-hybridized carbons (Fsp3) is 0.292. The van der Waals surface area contributed by atoms with Crippen molar-refractivity contribution in [3.8, 4) is 6.07 Å². The van der Waals surface area contributed by atoms with Crippen LogP contribution < -0.4 is 15.7 Å². The van der Waals surface area contributed by atoms with Crippen LogP contribution >= 0.6 is 30.6 Å². The van der Waals surface area contributed by atoms with Gasteiger partial charge in [-0.3, -0.25) is 19.5 Å². The van der Waals surface area contributed by atoms with Crippen molar-refractivity contribution in [3.63, 3.8) is 0 Å². The fourth-order valence-electron chi connectivity index (χ4n) is 3.95. The lowest BCUT2D eigenvalue weighted by Gasteiger charge is -2.31. The van der Waals surface area contributed by atoms with E-state index in [0.717, 1.165) is 0 Å². The van der Waals surface area contributed by atoms with E-state index < -0.39 is 18.3 Å². The normalized spacial score (nSPS) is 12.6. The smallest absolute Gasteiger partial charge is 0.272 e. The Kier molecular flexibility index (Phi) is 9.52. The Balaban J connectivity index is 2.17. The third-order valence-electron chi connectivity index (χ3n) is 5.73. The van der Waals surface area contributed by atoms with Crippen LogP contribution in [0.25, 0.3) is 0 Å². The van der Waals surface area contributed by atoms with E-state index in [2.05, 4.69) is 21.6 Å². The number of aromatic nitrogens is 2. The zero-order valence-electron chi connectivity index (χ0n) is 20.9. The molecule has 0 fully saturated rings. The predicted octanol–water partition coefficient (Wildman–Crippen LogP) is 5.84. The second kappa shape index (κ2) is 12.4. The van der Waals surface area contributed by atoms with Gasteiger partial charge in [-0.15, -0.1) is 0 Å². The van der Waals surface area contributed by atoms with Gasteiger partial charge in [-0.1, -0.05) is 37.0 Å². The van der Waals surface area contributed by atoms with Crippen molar-refractivity contribution in [2.45, 2.75) is 33.7 Å². The molecule has 2 N–H and O–H groups in total. The van der Waals surface area contributed by atoms with E-state index in [-0.39, 0.29) is 40.4 Å². The van der Waals surface area contributed by atoms with Crippen LogP contribution in [-0.2, 0) is 11.1 Å². The van der Waals surface area contributed by atoms with Crippen molar-refractivity contribution >= 4 is 59.0 Å². The number of hydrogen-bond donors (Lipinski definition) is 2. The van der Waals surface area contributed by atoms with Gasteiger partial charge in [-0.2, -0.15) is 10.4 Å². The first kappa shape index (κ1) is 29.1. The van der Waals surface area contributed by atoms with E-state index in [4.69, 9.17) is 28.5 Å². The van der Waals surface area contributed by atoms with Gasteiger partial charge >= 0.3 is 0 Å². The van der Waals surface area contributed by atoms with E-state index in [1.165, 1.54) is 47.1 Å². The van der Waals surface area contributed by atoms with Crippen molar-refractivity contribution in [1.82, 2.24) is 14.5 Å². The maximum Gasteiger partial charge on any atom is 0.272 e. The van der Waals surface area contributed by atoms with Crippen molar-refractivity contribution in [2.75, 3.05) is 23.5 Å². The Bertz CT molecular complexity index is 1430. The average Bonchev–Trinajstić information content (AvgIpc) is 3.18. The van der Waals surface area contributed by atoms with Gasteiger partial charge in [0.25, 0.3) is 19.0 Å². The third kappa shape index (κ3) is 6.17. The van der Waals surface area contributed by atoms with Crippen LogP contribution in [-0.4, -0.2) is 38.4 Å². The highest BCUT2D eigenvalue weighted by molar-refractivity contribution is 7.71. The minimum Gasteiger partial charge on any atom is -0.321 e. The summed E-state index contributed by atoms with van der Waals surface area (Å²) < 4.78 is 18.0. The van der Waals surface area contributed by atoms with Crippen molar-refractivity contribution in [2.24, 2.45) is 0 Å². The Labute approximate surface area is 230 Å². The summed E-state index contributed by atoms with van der Waals surface area (Å²) in [6.07, 6.45) is 0.0937. The second-order valence-electron chi connectivity index (χ2n) is 8.12. The molecule has 0 spiro atoms. The Morgan fingerprint density at radius 3 is 2.42 bits per heavy atom. The number of non-ortho nitro benzene ring substituents is 1. The van der Waals surface area contributed by atoms with E-state index in [1.54, 1.807) is 11.6 Å². The van der Waals surface area contributed by atoms with Gasteiger partial charge in [-0.05, 0) is 37.3 Å². The lowest BCUT2D eigenvalue weighted by molar-refractivity contribution is -0.384. The van der Waals surface area contributed by atoms with Gasteiger partial charge in [0.05, 0.1) is 40.2 Å². The second-order valence-corrected chi connectivity index (χ2v) is 11.4. The molecule has 1 heterocycles. The third-order valence-corrected chi connectivity index (χ3v) is 9.34. The summed E-state index contributed by atoms with van der Waals surface area (Å²) in [7, 11) is -3.72. The van der Waals surface area contributed by atoms with Crippen molar-refractivity contribution in [1.29, 1.82) is 5.26 Å². The minimum atomic E-state index is -3.72. The number of nitrogens with zero attached hydrogens (tertiary/aromatic N) is 5. The standard InChI is InChI=1S/C24H26Cl2N7O4P/c1-4-31(5-2)38(37,30-18-8-10-19(11-9-18)33(35)36)22-16(3)29-32(14-6-13-27)23(22)28-24(34)20-12-7-17(25)15-21(20)26/h7-12,15H,4-6,14H2,1-3H3,(H,28,34)(H,30,37)/t38-/m0/s1. The molecule has 2 aromatic carbocycles. The molecule has 0 unspecified atom stereocenters. The number of amides is 1. The molecule has 0 bridgehead atoms. The lowest BCUT2D eigenvalue weighted by Crippen LogP contribution is -2.33. The molecule has 1 amide bonds. The van der Waals surface area contributed by atoms with E-state index >= 15 is 0 Å². The number of benzene rings is 2. The molecule has 38 heavy (non-hydrogen) atoms. The minimum absolute atomic E-state index is 0.0937. The highest BCUT2D eigenvalue weighted by Gasteiger charge is 2.39. The number of aryl methyl sites for hydroxylation is 2. The number of nitro benzene ring substituents is 1. The molecule has 3 aromatic rings. The molecule has 200 valence electrons. The lowest BCUT2D eigenvalue weighted by atomic mass is 10.2. The van der Waals surface area contributed by atoms with Gasteiger partial charge in [0, 0.05) is 35.9 Å². The van der Waals surface area contributed by atoms with Crippen LogP contribution in [0.15, 0.2) is 42.5 Å².